The number of amides is 1. The summed E-state index contributed by atoms with van der Waals surface area (Å²) < 4.78 is 16.3. The molecule has 162 valence electrons. The smallest absolute Gasteiger partial charge is 0.234 e. The first-order chi connectivity index (χ1) is 15.4. The van der Waals surface area contributed by atoms with Gasteiger partial charge in [-0.3, -0.25) is 14.3 Å². The highest BCUT2D eigenvalue weighted by Gasteiger charge is 2.18. The SMILES string of the molecule is Cc1cc(Br)cc(C)c1NC(=O)CSc1nnc(-c2ccncc2)n1-c1ccc(F)cc1. The molecule has 0 aliphatic rings. The van der Waals surface area contributed by atoms with Crippen molar-refractivity contribution in [2.45, 2.75) is 19.0 Å². The molecule has 0 saturated heterocycles. The quantitative estimate of drug-likeness (QED) is 0.342. The normalized spacial score (nSPS) is 10.9. The van der Waals surface area contributed by atoms with Crippen molar-refractivity contribution in [1.82, 2.24) is 19.7 Å². The molecule has 0 radical (unpaired) electrons. The summed E-state index contributed by atoms with van der Waals surface area (Å²) >= 11 is 4.73. The molecule has 0 atom stereocenters. The van der Waals surface area contributed by atoms with Gasteiger partial charge in [0.15, 0.2) is 11.0 Å². The van der Waals surface area contributed by atoms with Crippen molar-refractivity contribution >= 4 is 39.3 Å². The van der Waals surface area contributed by atoms with E-state index in [4.69, 9.17) is 0 Å². The Balaban J connectivity index is 1.59. The fourth-order valence-corrected chi connectivity index (χ4v) is 4.73. The van der Waals surface area contributed by atoms with Gasteiger partial charge < -0.3 is 5.32 Å². The Morgan fingerprint density at radius 2 is 1.72 bits per heavy atom. The van der Waals surface area contributed by atoms with Gasteiger partial charge in [0, 0.05) is 33.8 Å². The lowest BCUT2D eigenvalue weighted by molar-refractivity contribution is -0.113. The molecule has 0 bridgehead atoms. The highest BCUT2D eigenvalue weighted by atomic mass is 79.9. The molecule has 0 unspecified atom stereocenters. The van der Waals surface area contributed by atoms with Crippen LogP contribution in [-0.4, -0.2) is 31.4 Å². The number of aromatic nitrogens is 4. The van der Waals surface area contributed by atoms with E-state index in [0.717, 1.165) is 26.9 Å². The van der Waals surface area contributed by atoms with Crippen molar-refractivity contribution < 1.29 is 9.18 Å². The standard InChI is InChI=1S/C23H19BrFN5OS/c1-14-11-17(24)12-15(2)21(14)27-20(31)13-32-23-29-28-22(16-7-9-26-10-8-16)30(23)19-5-3-18(25)4-6-19/h3-12H,13H2,1-2H3,(H,27,31). The number of nitrogens with zero attached hydrogens (tertiary/aromatic N) is 4. The summed E-state index contributed by atoms with van der Waals surface area (Å²) in [6.07, 6.45) is 3.34. The van der Waals surface area contributed by atoms with Crippen LogP contribution >= 0.6 is 27.7 Å². The number of nitrogens with one attached hydrogen (secondary N) is 1. The molecule has 4 aromatic rings. The highest BCUT2D eigenvalue weighted by molar-refractivity contribution is 9.10. The Morgan fingerprint density at radius 3 is 2.38 bits per heavy atom. The maximum Gasteiger partial charge on any atom is 0.234 e. The Kier molecular flexibility index (Phi) is 6.66. The van der Waals surface area contributed by atoms with E-state index in [1.165, 1.54) is 23.9 Å². The van der Waals surface area contributed by atoms with Crippen molar-refractivity contribution in [1.29, 1.82) is 0 Å². The average molecular weight is 512 g/mol. The molecule has 2 aromatic heterocycles. The molecule has 1 N–H and O–H groups in total. The van der Waals surface area contributed by atoms with Gasteiger partial charge in [0.05, 0.1) is 5.75 Å². The molecule has 9 heteroatoms. The van der Waals surface area contributed by atoms with Gasteiger partial charge in [-0.1, -0.05) is 27.7 Å². The lowest BCUT2D eigenvalue weighted by Gasteiger charge is -2.13. The van der Waals surface area contributed by atoms with Gasteiger partial charge in [-0.05, 0) is 73.5 Å². The molecular formula is C23H19BrFN5OS. The van der Waals surface area contributed by atoms with E-state index in [2.05, 4.69) is 36.4 Å². The van der Waals surface area contributed by atoms with Crippen LogP contribution in [0, 0.1) is 19.7 Å². The predicted octanol–water partition coefficient (Wildman–Crippen LogP) is 5.58. The molecule has 0 aliphatic carbocycles. The lowest BCUT2D eigenvalue weighted by atomic mass is 10.1. The minimum atomic E-state index is -0.332. The van der Waals surface area contributed by atoms with Crippen LogP contribution in [0.2, 0.25) is 0 Å². The molecule has 2 aromatic carbocycles. The molecule has 0 aliphatic heterocycles. The third kappa shape index (κ3) is 4.89. The maximum absolute atomic E-state index is 13.5. The summed E-state index contributed by atoms with van der Waals surface area (Å²) in [7, 11) is 0. The van der Waals surface area contributed by atoms with Gasteiger partial charge in [0.25, 0.3) is 0 Å². The van der Waals surface area contributed by atoms with E-state index < -0.39 is 0 Å². The third-order valence-electron chi connectivity index (χ3n) is 4.75. The summed E-state index contributed by atoms with van der Waals surface area (Å²) in [4.78, 5) is 16.7. The van der Waals surface area contributed by atoms with Crippen molar-refractivity contribution in [3.63, 3.8) is 0 Å². The Hall–Kier alpha value is -3.04. The van der Waals surface area contributed by atoms with Crippen LogP contribution in [0.1, 0.15) is 11.1 Å². The predicted molar refractivity (Wildman–Crippen MR) is 128 cm³/mol. The van der Waals surface area contributed by atoms with Crippen LogP contribution in [-0.2, 0) is 4.79 Å². The summed E-state index contributed by atoms with van der Waals surface area (Å²) in [6.45, 7) is 3.90. The zero-order chi connectivity index (χ0) is 22.7. The van der Waals surface area contributed by atoms with Gasteiger partial charge in [-0.15, -0.1) is 10.2 Å². The van der Waals surface area contributed by atoms with Crippen LogP contribution in [0.3, 0.4) is 0 Å². The molecular weight excluding hydrogens is 493 g/mol. The Bertz CT molecular complexity index is 1240. The highest BCUT2D eigenvalue weighted by Crippen LogP contribution is 2.29. The van der Waals surface area contributed by atoms with E-state index in [1.807, 2.05) is 42.7 Å². The van der Waals surface area contributed by atoms with Crippen molar-refractivity contribution in [2.24, 2.45) is 0 Å². The number of anilines is 1. The maximum atomic E-state index is 13.5. The first-order valence-electron chi connectivity index (χ1n) is 9.73. The summed E-state index contributed by atoms with van der Waals surface area (Å²) in [5, 5.41) is 12.1. The summed E-state index contributed by atoms with van der Waals surface area (Å²) in [5.41, 5.74) is 4.27. The zero-order valence-corrected chi connectivity index (χ0v) is 19.7. The van der Waals surface area contributed by atoms with Crippen molar-refractivity contribution in [2.75, 3.05) is 11.1 Å². The molecule has 6 nitrogen and oxygen atoms in total. The average Bonchev–Trinajstić information content (AvgIpc) is 3.20. The lowest BCUT2D eigenvalue weighted by Crippen LogP contribution is -2.16. The number of pyridine rings is 1. The molecule has 1 amide bonds. The van der Waals surface area contributed by atoms with Crippen molar-refractivity contribution in [3.05, 3.63) is 82.3 Å². The van der Waals surface area contributed by atoms with Crippen LogP contribution in [0.4, 0.5) is 10.1 Å². The van der Waals surface area contributed by atoms with E-state index in [9.17, 15) is 9.18 Å². The van der Waals surface area contributed by atoms with Gasteiger partial charge in [0.2, 0.25) is 5.91 Å². The van der Waals surface area contributed by atoms with Crippen LogP contribution < -0.4 is 5.32 Å². The van der Waals surface area contributed by atoms with Gasteiger partial charge >= 0.3 is 0 Å². The summed E-state index contributed by atoms with van der Waals surface area (Å²) in [6, 6.07) is 13.6. The monoisotopic (exact) mass is 511 g/mol. The molecule has 0 spiro atoms. The van der Waals surface area contributed by atoms with E-state index in [1.54, 1.807) is 24.5 Å². The first kappa shape index (κ1) is 22.2. The number of hydrogen-bond acceptors (Lipinski definition) is 5. The number of hydrogen-bond donors (Lipinski definition) is 1. The Morgan fingerprint density at radius 1 is 1.06 bits per heavy atom. The number of thioether (sulfide) groups is 1. The van der Waals surface area contributed by atoms with E-state index in [0.29, 0.717) is 16.7 Å². The first-order valence-corrected chi connectivity index (χ1v) is 11.5. The van der Waals surface area contributed by atoms with Crippen molar-refractivity contribution in [3.8, 4) is 17.1 Å². The fraction of sp³-hybridized carbons (Fsp3) is 0.130. The second kappa shape index (κ2) is 9.62. The van der Waals surface area contributed by atoms with E-state index >= 15 is 0 Å². The van der Waals surface area contributed by atoms with Crippen LogP contribution in [0.15, 0.2) is 70.6 Å². The zero-order valence-electron chi connectivity index (χ0n) is 17.3. The number of rotatable bonds is 6. The number of halogens is 2. The molecule has 0 saturated carbocycles. The van der Waals surface area contributed by atoms with Gasteiger partial charge in [-0.25, -0.2) is 4.39 Å². The number of carbonyl (C=O) groups is 1. The minimum Gasteiger partial charge on any atom is -0.325 e. The minimum absolute atomic E-state index is 0.143. The van der Waals surface area contributed by atoms with Crippen LogP contribution in [0.5, 0.6) is 0 Å². The topological polar surface area (TPSA) is 72.7 Å². The fourth-order valence-electron chi connectivity index (χ4n) is 3.29. The van der Waals surface area contributed by atoms with E-state index in [-0.39, 0.29) is 17.5 Å². The molecule has 4 rings (SSSR count). The van der Waals surface area contributed by atoms with Gasteiger partial charge in [-0.2, -0.15) is 0 Å². The largest absolute Gasteiger partial charge is 0.325 e. The second-order valence-electron chi connectivity index (χ2n) is 7.11. The second-order valence-corrected chi connectivity index (χ2v) is 8.96. The number of carbonyl (C=O) groups excluding carboxylic acids is 1. The Labute approximate surface area is 197 Å². The van der Waals surface area contributed by atoms with Gasteiger partial charge in [0.1, 0.15) is 5.82 Å². The van der Waals surface area contributed by atoms with Crippen LogP contribution in [0.25, 0.3) is 17.1 Å². The third-order valence-corrected chi connectivity index (χ3v) is 6.14. The summed E-state index contributed by atoms with van der Waals surface area (Å²) in [5.74, 6) is 0.246. The molecule has 32 heavy (non-hydrogen) atoms. The number of benzene rings is 2. The molecule has 0 fully saturated rings. The molecule has 2 heterocycles. The number of aryl methyl sites for hydroxylation is 2.